The van der Waals surface area contributed by atoms with E-state index in [-0.39, 0.29) is 5.75 Å². The fraction of sp³-hybridized carbons (Fsp3) is 0.524. The Morgan fingerprint density at radius 3 is 1.97 bits per heavy atom. The average Bonchev–Trinajstić information content (AvgIpc) is 2.65. The molecule has 1 aromatic rings. The molecular weight excluding hydrogens is 431 g/mol. The van der Waals surface area contributed by atoms with Gasteiger partial charge in [0.05, 0.1) is 0 Å². The van der Waals surface area contributed by atoms with Crippen molar-refractivity contribution in [1.29, 1.82) is 0 Å². The van der Waals surface area contributed by atoms with Gasteiger partial charge in [0.15, 0.2) is 23.8 Å². The number of benzene rings is 1. The first-order valence-corrected chi connectivity index (χ1v) is 9.71. The topological polar surface area (TPSA) is 124 Å². The van der Waals surface area contributed by atoms with Crippen LogP contribution in [-0.2, 0) is 42.9 Å². The number of esters is 4. The molecule has 0 amide bonds. The van der Waals surface area contributed by atoms with Gasteiger partial charge >= 0.3 is 23.9 Å². The molecule has 2 rings (SSSR count). The highest BCUT2D eigenvalue weighted by Gasteiger charge is 2.53. The van der Waals surface area contributed by atoms with E-state index in [0.717, 1.165) is 27.7 Å². The zero-order chi connectivity index (χ0) is 24.0. The third-order valence-electron chi connectivity index (χ3n) is 4.28. The highest BCUT2D eigenvalue weighted by molar-refractivity contribution is 5.68. The van der Waals surface area contributed by atoms with Crippen LogP contribution in [0.25, 0.3) is 0 Å². The van der Waals surface area contributed by atoms with Crippen LogP contribution < -0.4 is 4.74 Å². The molecular formula is C21H25FO10. The summed E-state index contributed by atoms with van der Waals surface area (Å²) in [5, 5.41) is 0. The van der Waals surface area contributed by atoms with Gasteiger partial charge in [-0.2, -0.15) is 0 Å². The number of ether oxygens (including phenoxy) is 6. The molecule has 1 fully saturated rings. The van der Waals surface area contributed by atoms with Gasteiger partial charge in [-0.05, 0) is 24.6 Å². The number of carbonyl (C=O) groups excluding carboxylic acids is 4. The Balaban J connectivity index is 2.47. The van der Waals surface area contributed by atoms with Crippen molar-refractivity contribution in [1.82, 2.24) is 0 Å². The molecule has 11 heteroatoms. The summed E-state index contributed by atoms with van der Waals surface area (Å²) in [6, 6.07) is 4.16. The largest absolute Gasteiger partial charge is 0.463 e. The van der Waals surface area contributed by atoms with E-state index in [0.29, 0.717) is 5.56 Å². The number of rotatable bonds is 7. The molecule has 0 radical (unpaired) electrons. The quantitative estimate of drug-likeness (QED) is 0.441. The SMILES string of the molecule is CC(=O)OCC1OC(Oc2ccc(C)cc2F)C(OC(C)=O)C(OC(C)=O)C1OC(C)=O. The van der Waals surface area contributed by atoms with Crippen LogP contribution in [0.4, 0.5) is 4.39 Å². The predicted octanol–water partition coefficient (Wildman–Crippen LogP) is 1.60. The Bertz CT molecular complexity index is 870. The van der Waals surface area contributed by atoms with Gasteiger partial charge in [0.1, 0.15) is 12.7 Å². The molecule has 5 atom stereocenters. The highest BCUT2D eigenvalue weighted by atomic mass is 19.1. The van der Waals surface area contributed by atoms with Crippen molar-refractivity contribution in [3.05, 3.63) is 29.6 Å². The molecule has 0 spiro atoms. The molecule has 1 heterocycles. The van der Waals surface area contributed by atoms with E-state index in [1.807, 2.05) is 0 Å². The molecule has 1 aromatic carbocycles. The third-order valence-corrected chi connectivity index (χ3v) is 4.28. The summed E-state index contributed by atoms with van der Waals surface area (Å²) in [5.41, 5.74) is 0.636. The van der Waals surface area contributed by atoms with Crippen LogP contribution in [0, 0.1) is 12.7 Å². The summed E-state index contributed by atoms with van der Waals surface area (Å²) < 4.78 is 46.5. The van der Waals surface area contributed by atoms with Gasteiger partial charge in [-0.3, -0.25) is 19.2 Å². The first kappa shape index (κ1) is 25.1. The zero-order valence-electron chi connectivity index (χ0n) is 18.3. The van der Waals surface area contributed by atoms with Crippen molar-refractivity contribution < 1.29 is 52.0 Å². The molecule has 0 saturated carbocycles. The van der Waals surface area contributed by atoms with Gasteiger partial charge in [-0.25, -0.2) is 4.39 Å². The molecule has 0 bridgehead atoms. The van der Waals surface area contributed by atoms with E-state index >= 15 is 0 Å². The van der Waals surface area contributed by atoms with Crippen LogP contribution in [0.2, 0.25) is 0 Å². The summed E-state index contributed by atoms with van der Waals surface area (Å²) >= 11 is 0. The average molecular weight is 456 g/mol. The van der Waals surface area contributed by atoms with Crippen LogP contribution in [0.5, 0.6) is 5.75 Å². The molecule has 1 aliphatic rings. The number of halogens is 1. The lowest BCUT2D eigenvalue weighted by Gasteiger charge is -2.43. The van der Waals surface area contributed by atoms with E-state index in [9.17, 15) is 23.6 Å². The van der Waals surface area contributed by atoms with Crippen molar-refractivity contribution in [3.63, 3.8) is 0 Å². The smallest absolute Gasteiger partial charge is 0.303 e. The Morgan fingerprint density at radius 1 is 0.875 bits per heavy atom. The maximum absolute atomic E-state index is 14.4. The summed E-state index contributed by atoms with van der Waals surface area (Å²) in [4.78, 5) is 46.5. The molecule has 5 unspecified atom stereocenters. The Kier molecular flexibility index (Phi) is 8.53. The molecule has 10 nitrogen and oxygen atoms in total. The number of aryl methyl sites for hydroxylation is 1. The van der Waals surface area contributed by atoms with E-state index in [4.69, 9.17) is 28.4 Å². The van der Waals surface area contributed by atoms with Gasteiger partial charge < -0.3 is 28.4 Å². The Morgan fingerprint density at radius 2 is 1.44 bits per heavy atom. The van der Waals surface area contributed by atoms with Crippen LogP contribution in [0.3, 0.4) is 0 Å². The van der Waals surface area contributed by atoms with Gasteiger partial charge in [0.2, 0.25) is 12.4 Å². The van der Waals surface area contributed by atoms with Gasteiger partial charge in [0, 0.05) is 27.7 Å². The van der Waals surface area contributed by atoms with Crippen LogP contribution >= 0.6 is 0 Å². The fourth-order valence-corrected chi connectivity index (χ4v) is 3.11. The lowest BCUT2D eigenvalue weighted by Crippen LogP contribution is -2.63. The van der Waals surface area contributed by atoms with Crippen LogP contribution in [0.1, 0.15) is 33.3 Å². The third kappa shape index (κ3) is 6.91. The van der Waals surface area contributed by atoms with Crippen LogP contribution in [0.15, 0.2) is 18.2 Å². The minimum absolute atomic E-state index is 0.225. The normalized spacial score (nSPS) is 24.8. The molecule has 0 aromatic heterocycles. The lowest BCUT2D eigenvalue weighted by atomic mass is 9.98. The van der Waals surface area contributed by atoms with Crippen molar-refractivity contribution in [2.24, 2.45) is 0 Å². The summed E-state index contributed by atoms with van der Waals surface area (Å²) in [5.74, 6) is -3.90. The van der Waals surface area contributed by atoms with E-state index in [1.54, 1.807) is 13.0 Å². The van der Waals surface area contributed by atoms with Crippen molar-refractivity contribution in [2.45, 2.75) is 65.3 Å². The standard InChI is InChI=1S/C21H25FO10/c1-10-6-7-16(15(22)8-10)31-21-20(30-14(5)26)19(29-13(4)25)18(28-12(3)24)17(32-21)9-27-11(2)23/h6-8,17-21H,9H2,1-5H3. The molecule has 176 valence electrons. The minimum atomic E-state index is -1.49. The molecule has 0 N–H and O–H groups in total. The number of carbonyl (C=O) groups is 4. The number of hydrogen-bond donors (Lipinski definition) is 0. The highest BCUT2D eigenvalue weighted by Crippen LogP contribution is 2.31. The molecule has 1 aliphatic heterocycles. The van der Waals surface area contributed by atoms with Crippen molar-refractivity contribution in [2.75, 3.05) is 6.61 Å². The summed E-state index contributed by atoms with van der Waals surface area (Å²) in [6.45, 7) is 5.74. The van der Waals surface area contributed by atoms with Crippen LogP contribution in [-0.4, -0.2) is 61.2 Å². The second kappa shape index (κ2) is 10.9. The van der Waals surface area contributed by atoms with Gasteiger partial charge in [-0.1, -0.05) is 6.07 Å². The maximum Gasteiger partial charge on any atom is 0.303 e. The van der Waals surface area contributed by atoms with E-state index in [2.05, 4.69) is 0 Å². The number of hydrogen-bond acceptors (Lipinski definition) is 10. The Labute approximate surface area is 183 Å². The maximum atomic E-state index is 14.4. The first-order chi connectivity index (χ1) is 15.0. The fourth-order valence-electron chi connectivity index (χ4n) is 3.11. The lowest BCUT2D eigenvalue weighted by molar-refractivity contribution is -0.288. The Hall–Kier alpha value is -3.21. The second-order valence-electron chi connectivity index (χ2n) is 7.12. The van der Waals surface area contributed by atoms with Crippen molar-refractivity contribution in [3.8, 4) is 5.75 Å². The predicted molar refractivity (Wildman–Crippen MR) is 104 cm³/mol. The minimum Gasteiger partial charge on any atom is -0.463 e. The summed E-state index contributed by atoms with van der Waals surface area (Å²) in [6.07, 6.45) is -6.82. The van der Waals surface area contributed by atoms with Gasteiger partial charge in [-0.15, -0.1) is 0 Å². The summed E-state index contributed by atoms with van der Waals surface area (Å²) in [7, 11) is 0. The van der Waals surface area contributed by atoms with Crippen molar-refractivity contribution >= 4 is 23.9 Å². The monoisotopic (exact) mass is 456 g/mol. The van der Waals surface area contributed by atoms with E-state index < -0.39 is 67.0 Å². The molecule has 32 heavy (non-hydrogen) atoms. The molecule has 1 saturated heterocycles. The second-order valence-corrected chi connectivity index (χ2v) is 7.12. The van der Waals surface area contributed by atoms with E-state index in [1.165, 1.54) is 12.1 Å². The zero-order valence-corrected chi connectivity index (χ0v) is 18.3. The molecule has 0 aliphatic carbocycles. The first-order valence-electron chi connectivity index (χ1n) is 9.71. The van der Waals surface area contributed by atoms with Gasteiger partial charge in [0.25, 0.3) is 0 Å².